The minimum atomic E-state index is -0.394. The quantitative estimate of drug-likeness (QED) is 0.649. The summed E-state index contributed by atoms with van der Waals surface area (Å²) in [7, 11) is 4.70. The number of methoxy groups -OCH3 is 3. The monoisotopic (exact) mass is 481 g/mol. The average Bonchev–Trinajstić information content (AvgIpc) is 2.77. The van der Waals surface area contributed by atoms with Gasteiger partial charge < -0.3 is 24.6 Å². The molecule has 0 heterocycles. The van der Waals surface area contributed by atoms with Crippen LogP contribution in [0.5, 0.6) is 23.0 Å². The van der Waals surface area contributed by atoms with Gasteiger partial charge >= 0.3 is 0 Å². The van der Waals surface area contributed by atoms with Gasteiger partial charge in [0.05, 0.1) is 30.9 Å². The van der Waals surface area contributed by atoms with Crippen molar-refractivity contribution in [1.29, 1.82) is 0 Å². The number of rotatable bonds is 4. The maximum Gasteiger partial charge on any atom is 0.217 e. The Hall–Kier alpha value is -2.42. The van der Waals surface area contributed by atoms with Crippen LogP contribution in [-0.4, -0.2) is 32.3 Å². The van der Waals surface area contributed by atoms with Crippen LogP contribution in [0.1, 0.15) is 24.1 Å². The summed E-state index contributed by atoms with van der Waals surface area (Å²) in [6.45, 7) is 1.46. The number of carbonyl (C=O) groups excluding carboxylic acids is 1. The Morgan fingerprint density at radius 2 is 1.81 bits per heavy atom. The van der Waals surface area contributed by atoms with E-state index in [9.17, 15) is 9.90 Å². The molecule has 0 radical (unpaired) electrons. The van der Waals surface area contributed by atoms with Crippen LogP contribution >= 0.6 is 22.6 Å². The van der Waals surface area contributed by atoms with Gasteiger partial charge in [0, 0.05) is 12.5 Å². The maximum atomic E-state index is 11.7. The first-order valence-corrected chi connectivity index (χ1v) is 9.30. The van der Waals surface area contributed by atoms with Crippen LogP contribution in [0.2, 0.25) is 0 Å². The highest BCUT2D eigenvalue weighted by Crippen LogP contribution is 2.50. The molecule has 1 aliphatic carbocycles. The zero-order valence-electron chi connectivity index (χ0n) is 15.4. The van der Waals surface area contributed by atoms with Gasteiger partial charge in [0.1, 0.15) is 5.75 Å². The van der Waals surface area contributed by atoms with Gasteiger partial charge in [-0.2, -0.15) is 0 Å². The molecule has 142 valence electrons. The summed E-state index contributed by atoms with van der Waals surface area (Å²) in [4.78, 5) is 11.7. The first-order chi connectivity index (χ1) is 12.9. The van der Waals surface area contributed by atoms with Crippen LogP contribution in [0.15, 0.2) is 24.3 Å². The molecule has 27 heavy (non-hydrogen) atoms. The molecule has 2 aromatic rings. The lowest BCUT2D eigenvalue weighted by Crippen LogP contribution is -2.24. The van der Waals surface area contributed by atoms with Crippen LogP contribution in [0.25, 0.3) is 17.2 Å². The zero-order valence-corrected chi connectivity index (χ0v) is 17.6. The lowest BCUT2D eigenvalue weighted by Gasteiger charge is -2.21. The van der Waals surface area contributed by atoms with Crippen molar-refractivity contribution in [2.75, 3.05) is 21.3 Å². The minimum absolute atomic E-state index is 0.154. The van der Waals surface area contributed by atoms with Crippen molar-refractivity contribution >= 4 is 34.6 Å². The van der Waals surface area contributed by atoms with Crippen molar-refractivity contribution in [2.45, 2.75) is 13.0 Å². The van der Waals surface area contributed by atoms with E-state index in [0.29, 0.717) is 20.8 Å². The number of carbonyl (C=O) groups is 1. The standard InChI is InChI=1S/C20H20INO5/c1-10(23)22-15-6-5-11-7-17(25-2)19(26-3)20(27-4)18(11)13-8-14(21)16(24)9-12(13)15/h5-9,15,24H,1-4H3,(H,22,23)/t15-/m0/s1. The van der Waals surface area contributed by atoms with Crippen LogP contribution < -0.4 is 19.5 Å². The van der Waals surface area contributed by atoms with Crippen molar-refractivity contribution in [3.63, 3.8) is 0 Å². The van der Waals surface area contributed by atoms with E-state index in [1.807, 2.05) is 24.3 Å². The fourth-order valence-electron chi connectivity index (χ4n) is 3.28. The second-order valence-electron chi connectivity index (χ2n) is 6.04. The number of nitrogens with one attached hydrogen (secondary N) is 1. The Morgan fingerprint density at radius 1 is 1.11 bits per heavy atom. The molecule has 0 aromatic heterocycles. The van der Waals surface area contributed by atoms with Crippen molar-refractivity contribution in [3.05, 3.63) is 39.0 Å². The van der Waals surface area contributed by atoms with Crippen LogP contribution in [0, 0.1) is 3.57 Å². The van der Waals surface area contributed by atoms with Gasteiger partial charge in [-0.3, -0.25) is 4.79 Å². The molecule has 2 aromatic carbocycles. The smallest absolute Gasteiger partial charge is 0.217 e. The molecule has 1 atom stereocenters. The lowest BCUT2D eigenvalue weighted by atomic mass is 9.93. The molecule has 0 fully saturated rings. The second kappa shape index (κ2) is 7.67. The SMILES string of the molecule is COc1cc2c(c(OC)c1OC)-c1cc(I)c(O)cc1[C@@H](NC(C)=O)C=C2. The molecule has 2 N–H and O–H groups in total. The highest BCUT2D eigenvalue weighted by atomic mass is 127. The van der Waals surface area contributed by atoms with Gasteiger partial charge in [-0.1, -0.05) is 12.2 Å². The van der Waals surface area contributed by atoms with E-state index in [0.717, 1.165) is 22.3 Å². The molecule has 0 saturated heterocycles. The van der Waals surface area contributed by atoms with Gasteiger partial charge in [0.15, 0.2) is 11.5 Å². The average molecular weight is 481 g/mol. The summed E-state index contributed by atoms with van der Waals surface area (Å²) in [5, 5.41) is 13.2. The van der Waals surface area contributed by atoms with Crippen LogP contribution in [0.3, 0.4) is 0 Å². The number of hydrogen-bond acceptors (Lipinski definition) is 5. The van der Waals surface area contributed by atoms with Crippen molar-refractivity contribution in [2.24, 2.45) is 0 Å². The van der Waals surface area contributed by atoms with E-state index >= 15 is 0 Å². The molecule has 7 heteroatoms. The minimum Gasteiger partial charge on any atom is -0.507 e. The number of aromatic hydroxyl groups is 1. The van der Waals surface area contributed by atoms with E-state index in [4.69, 9.17) is 14.2 Å². The predicted octanol–water partition coefficient (Wildman–Crippen LogP) is 3.89. The van der Waals surface area contributed by atoms with Gasteiger partial charge in [-0.25, -0.2) is 0 Å². The topological polar surface area (TPSA) is 77.0 Å². The summed E-state index contributed by atoms with van der Waals surface area (Å²) in [5.74, 6) is 1.55. The molecular weight excluding hydrogens is 461 g/mol. The molecule has 0 spiro atoms. The number of phenolic OH excluding ortho intramolecular Hbond substituents is 1. The third-order valence-electron chi connectivity index (χ3n) is 4.41. The molecule has 0 aliphatic heterocycles. The van der Waals surface area contributed by atoms with E-state index in [1.165, 1.54) is 6.92 Å². The predicted molar refractivity (Wildman–Crippen MR) is 112 cm³/mol. The third kappa shape index (κ3) is 3.43. The summed E-state index contributed by atoms with van der Waals surface area (Å²) in [5.41, 5.74) is 3.28. The maximum absolute atomic E-state index is 11.7. The summed E-state index contributed by atoms with van der Waals surface area (Å²) in [6.07, 6.45) is 3.79. The Bertz CT molecular complexity index is 939. The Balaban J connectivity index is 2.39. The fourth-order valence-corrected chi connectivity index (χ4v) is 3.75. The van der Waals surface area contributed by atoms with Crippen LogP contribution in [-0.2, 0) is 4.79 Å². The summed E-state index contributed by atoms with van der Waals surface area (Å²) >= 11 is 2.08. The van der Waals surface area contributed by atoms with E-state index in [2.05, 4.69) is 27.9 Å². The van der Waals surface area contributed by atoms with E-state index in [-0.39, 0.29) is 11.7 Å². The van der Waals surface area contributed by atoms with E-state index < -0.39 is 6.04 Å². The molecular formula is C20H20INO5. The number of halogens is 1. The number of fused-ring (bicyclic) bond motifs is 3. The Kier molecular flexibility index (Phi) is 5.50. The Morgan fingerprint density at radius 3 is 2.41 bits per heavy atom. The number of amides is 1. The second-order valence-corrected chi connectivity index (χ2v) is 7.20. The fraction of sp³-hybridized carbons (Fsp3) is 0.250. The molecule has 0 unspecified atom stereocenters. The first-order valence-electron chi connectivity index (χ1n) is 8.22. The van der Waals surface area contributed by atoms with Crippen molar-refractivity contribution in [1.82, 2.24) is 5.32 Å². The molecule has 3 rings (SSSR count). The summed E-state index contributed by atoms with van der Waals surface area (Å²) in [6, 6.07) is 5.02. The largest absolute Gasteiger partial charge is 0.507 e. The highest BCUT2D eigenvalue weighted by Gasteiger charge is 2.27. The molecule has 0 saturated carbocycles. The van der Waals surface area contributed by atoms with Gasteiger partial charge in [0.2, 0.25) is 11.7 Å². The lowest BCUT2D eigenvalue weighted by molar-refractivity contribution is -0.119. The zero-order chi connectivity index (χ0) is 19.7. The van der Waals surface area contributed by atoms with Crippen molar-refractivity contribution in [3.8, 4) is 34.1 Å². The molecule has 1 aliphatic rings. The summed E-state index contributed by atoms with van der Waals surface area (Å²) < 4.78 is 17.4. The van der Waals surface area contributed by atoms with E-state index in [1.54, 1.807) is 27.4 Å². The first kappa shape index (κ1) is 19.3. The normalized spacial score (nSPS) is 14.6. The number of benzene rings is 2. The van der Waals surface area contributed by atoms with Crippen molar-refractivity contribution < 1.29 is 24.1 Å². The van der Waals surface area contributed by atoms with Gasteiger partial charge in [0.25, 0.3) is 0 Å². The number of hydrogen-bond donors (Lipinski definition) is 2. The van der Waals surface area contributed by atoms with Gasteiger partial charge in [-0.15, -0.1) is 0 Å². The Labute approximate surface area is 171 Å². The number of phenols is 1. The third-order valence-corrected chi connectivity index (χ3v) is 5.27. The highest BCUT2D eigenvalue weighted by molar-refractivity contribution is 14.1. The molecule has 6 nitrogen and oxygen atoms in total. The molecule has 0 bridgehead atoms. The number of ether oxygens (including phenoxy) is 3. The van der Waals surface area contributed by atoms with Crippen LogP contribution in [0.4, 0.5) is 0 Å². The van der Waals surface area contributed by atoms with Gasteiger partial charge in [-0.05, 0) is 57.5 Å². The molecule has 1 amide bonds.